The Kier molecular flexibility index (Phi) is 5.48. The lowest BCUT2D eigenvalue weighted by Gasteiger charge is -2.10. The Morgan fingerprint density at radius 3 is 2.33 bits per heavy atom. The molecule has 0 saturated carbocycles. The maximum Gasteiger partial charge on any atom is 0.154 e. The van der Waals surface area contributed by atoms with Crippen LogP contribution < -0.4 is 5.32 Å². The monoisotopic (exact) mass is 347 g/mol. The van der Waals surface area contributed by atoms with Crippen LogP contribution in [0.15, 0.2) is 10.5 Å². The van der Waals surface area contributed by atoms with E-state index >= 15 is 0 Å². The largest absolute Gasteiger partial charge is 0.458 e. The zero-order chi connectivity index (χ0) is 15.7. The second-order valence-corrected chi connectivity index (χ2v) is 7.19. The zero-order valence-electron chi connectivity index (χ0n) is 12.7. The average Bonchev–Trinajstić information content (AvgIpc) is 2.72. The molecular weight excluding hydrogens is 329 g/mol. The van der Waals surface area contributed by atoms with Gasteiger partial charge in [0.2, 0.25) is 0 Å². The number of hydrogen-bond donors (Lipinski definition) is 1. The molecule has 0 spiro atoms. The lowest BCUT2D eigenvalue weighted by Crippen LogP contribution is -2.22. The summed E-state index contributed by atoms with van der Waals surface area (Å²) in [6.45, 7) is 9.18. The van der Waals surface area contributed by atoms with E-state index in [2.05, 4.69) is 33.0 Å². The van der Waals surface area contributed by atoms with Gasteiger partial charge in [0.05, 0.1) is 21.6 Å². The quantitative estimate of drug-likeness (QED) is 0.661. The number of rotatable bonds is 5. The molecule has 116 valence electrons. The number of furan rings is 1. The molecule has 2 nitrogen and oxygen atoms in total. The first-order valence-electron chi connectivity index (χ1n) is 7.12. The molecule has 1 aromatic heterocycles. The highest BCUT2D eigenvalue weighted by molar-refractivity contribution is 6.47. The first-order chi connectivity index (χ1) is 9.81. The molecule has 5 heteroatoms. The summed E-state index contributed by atoms with van der Waals surface area (Å²) in [5, 5.41) is 5.71. The second-order valence-electron chi connectivity index (χ2n) is 6.00. The summed E-state index contributed by atoms with van der Waals surface area (Å²) >= 11 is 18.8. The van der Waals surface area contributed by atoms with Gasteiger partial charge in [-0.05, 0) is 18.4 Å². The molecule has 0 amide bonds. The van der Waals surface area contributed by atoms with Gasteiger partial charge in [-0.15, -0.1) is 0 Å². The first-order valence-corrected chi connectivity index (χ1v) is 8.25. The molecule has 0 aliphatic carbocycles. The van der Waals surface area contributed by atoms with Gasteiger partial charge < -0.3 is 9.73 Å². The summed E-state index contributed by atoms with van der Waals surface area (Å²) < 4.78 is 5.98. The van der Waals surface area contributed by atoms with Crippen molar-refractivity contribution in [2.75, 3.05) is 0 Å². The summed E-state index contributed by atoms with van der Waals surface area (Å²) in [5.41, 5.74) is 1.73. The maximum absolute atomic E-state index is 6.39. The lowest BCUT2D eigenvalue weighted by molar-refractivity contribution is 0.478. The lowest BCUT2D eigenvalue weighted by atomic mass is 9.99. The van der Waals surface area contributed by atoms with Crippen LogP contribution in [0.2, 0.25) is 15.1 Å². The van der Waals surface area contributed by atoms with E-state index in [0.29, 0.717) is 39.2 Å². The van der Waals surface area contributed by atoms with Crippen molar-refractivity contribution in [3.63, 3.8) is 0 Å². The van der Waals surface area contributed by atoms with Crippen LogP contribution in [0.3, 0.4) is 0 Å². The molecule has 0 aliphatic rings. The van der Waals surface area contributed by atoms with Crippen molar-refractivity contribution in [1.29, 1.82) is 0 Å². The Labute approximate surface area is 140 Å². The van der Waals surface area contributed by atoms with Crippen molar-refractivity contribution >= 4 is 45.8 Å². The van der Waals surface area contributed by atoms with E-state index in [0.717, 1.165) is 23.1 Å². The minimum Gasteiger partial charge on any atom is -0.458 e. The Hall–Kier alpha value is -0.410. The van der Waals surface area contributed by atoms with Gasteiger partial charge in [0.1, 0.15) is 5.76 Å². The van der Waals surface area contributed by atoms with Crippen LogP contribution in [-0.4, -0.2) is 6.04 Å². The van der Waals surface area contributed by atoms with Crippen molar-refractivity contribution in [1.82, 2.24) is 5.32 Å². The summed E-state index contributed by atoms with van der Waals surface area (Å²) in [6, 6.07) is 2.01. The third-order valence-electron chi connectivity index (χ3n) is 3.27. The molecule has 0 radical (unpaired) electrons. The fourth-order valence-corrected chi connectivity index (χ4v) is 3.09. The highest BCUT2D eigenvalue weighted by Crippen LogP contribution is 2.41. The molecule has 0 bridgehead atoms. The van der Waals surface area contributed by atoms with Crippen molar-refractivity contribution in [3.8, 4) is 0 Å². The van der Waals surface area contributed by atoms with Crippen LogP contribution in [0.5, 0.6) is 0 Å². The number of nitrogens with one attached hydrogen (secondary N) is 1. The molecule has 2 aromatic rings. The van der Waals surface area contributed by atoms with Crippen molar-refractivity contribution in [2.24, 2.45) is 5.92 Å². The summed E-state index contributed by atoms with van der Waals surface area (Å²) in [4.78, 5) is 0. The Morgan fingerprint density at radius 2 is 1.76 bits per heavy atom. The highest BCUT2D eigenvalue weighted by atomic mass is 35.5. The van der Waals surface area contributed by atoms with Gasteiger partial charge >= 0.3 is 0 Å². The van der Waals surface area contributed by atoms with Crippen molar-refractivity contribution in [2.45, 2.75) is 46.7 Å². The summed E-state index contributed by atoms with van der Waals surface area (Å²) in [5.74, 6) is 1.37. The molecule has 0 aliphatic heterocycles. The van der Waals surface area contributed by atoms with Gasteiger partial charge in [-0.2, -0.15) is 0 Å². The molecule has 0 unspecified atom stereocenters. The Bertz CT molecular complexity index is 647. The Balaban J connectivity index is 2.62. The fourth-order valence-electron chi connectivity index (χ4n) is 2.34. The second kappa shape index (κ2) is 6.78. The van der Waals surface area contributed by atoms with Gasteiger partial charge in [-0.3, -0.25) is 0 Å². The van der Waals surface area contributed by atoms with Crippen LogP contribution in [0, 0.1) is 5.92 Å². The molecule has 0 fully saturated rings. The molecule has 1 N–H and O–H groups in total. The van der Waals surface area contributed by atoms with Crippen molar-refractivity contribution in [3.05, 3.63) is 32.5 Å². The van der Waals surface area contributed by atoms with Gasteiger partial charge in [0.25, 0.3) is 0 Å². The van der Waals surface area contributed by atoms with E-state index in [9.17, 15) is 0 Å². The molecule has 1 heterocycles. The Morgan fingerprint density at radius 1 is 1.10 bits per heavy atom. The molecule has 21 heavy (non-hydrogen) atoms. The molecule has 0 saturated heterocycles. The predicted molar refractivity (Wildman–Crippen MR) is 91.8 cm³/mol. The van der Waals surface area contributed by atoms with E-state index in [1.165, 1.54) is 0 Å². The maximum atomic E-state index is 6.39. The van der Waals surface area contributed by atoms with E-state index in [4.69, 9.17) is 39.2 Å². The number of hydrogen-bond acceptors (Lipinski definition) is 2. The average molecular weight is 349 g/mol. The van der Waals surface area contributed by atoms with Crippen LogP contribution in [0.1, 0.15) is 39.0 Å². The highest BCUT2D eigenvalue weighted by Gasteiger charge is 2.21. The van der Waals surface area contributed by atoms with Gasteiger partial charge in [0, 0.05) is 17.0 Å². The van der Waals surface area contributed by atoms with Crippen LogP contribution in [0.25, 0.3) is 11.0 Å². The number of benzene rings is 1. The topological polar surface area (TPSA) is 25.2 Å². The first kappa shape index (κ1) is 17.0. The van der Waals surface area contributed by atoms with Crippen LogP contribution in [0.4, 0.5) is 0 Å². The fraction of sp³-hybridized carbons (Fsp3) is 0.500. The van der Waals surface area contributed by atoms with Crippen molar-refractivity contribution < 1.29 is 4.42 Å². The van der Waals surface area contributed by atoms with E-state index in [-0.39, 0.29) is 0 Å². The molecule has 1 aromatic carbocycles. The third kappa shape index (κ3) is 3.68. The molecule has 2 rings (SSSR count). The van der Waals surface area contributed by atoms with E-state index in [1.807, 2.05) is 0 Å². The smallest absolute Gasteiger partial charge is 0.154 e. The molecular formula is C16H20Cl3NO. The van der Waals surface area contributed by atoms with Crippen LogP contribution >= 0.6 is 34.8 Å². The predicted octanol–water partition coefficient (Wildman–Crippen LogP) is 6.09. The van der Waals surface area contributed by atoms with Crippen LogP contribution in [-0.2, 0) is 13.0 Å². The minimum absolute atomic E-state index is 0.375. The zero-order valence-corrected chi connectivity index (χ0v) is 15.0. The third-order valence-corrected chi connectivity index (χ3v) is 4.34. The van der Waals surface area contributed by atoms with Gasteiger partial charge in [-0.25, -0.2) is 0 Å². The number of halogens is 3. The van der Waals surface area contributed by atoms with Gasteiger partial charge in [-0.1, -0.05) is 62.5 Å². The van der Waals surface area contributed by atoms with Gasteiger partial charge in [0.15, 0.2) is 5.58 Å². The minimum atomic E-state index is 0.375. The van der Waals surface area contributed by atoms with E-state index in [1.54, 1.807) is 6.07 Å². The number of fused-ring (bicyclic) bond motifs is 1. The van der Waals surface area contributed by atoms with E-state index < -0.39 is 0 Å². The molecule has 0 atom stereocenters. The SMILES string of the molecule is CC(C)Cc1c(CNC(C)C)oc2c(Cl)cc(Cl)c(Cl)c12. The summed E-state index contributed by atoms with van der Waals surface area (Å²) in [6.07, 6.45) is 0.874. The summed E-state index contributed by atoms with van der Waals surface area (Å²) in [7, 11) is 0. The normalized spacial score (nSPS) is 12.0. The standard InChI is InChI=1S/C16H20Cl3NO/c1-8(2)5-10-13(7-20-9(3)4)21-16-12(18)6-11(17)15(19)14(10)16/h6,8-9,20H,5,7H2,1-4H3.